The molecule has 246 valence electrons. The van der Waals surface area contributed by atoms with Crippen LogP contribution in [-0.2, 0) is 15.2 Å². The van der Waals surface area contributed by atoms with Gasteiger partial charge in [0.1, 0.15) is 17.3 Å². The van der Waals surface area contributed by atoms with Crippen molar-refractivity contribution in [2.45, 2.75) is 49.3 Å². The van der Waals surface area contributed by atoms with E-state index < -0.39 is 17.3 Å². The van der Waals surface area contributed by atoms with E-state index in [1.54, 1.807) is 4.90 Å². The minimum atomic E-state index is -1.01. The fraction of sp³-hybridized carbons (Fsp3) is 0.515. The number of piperazine rings is 1. The Morgan fingerprint density at radius 2 is 1.83 bits per heavy atom. The van der Waals surface area contributed by atoms with Crippen LogP contribution in [0.15, 0.2) is 35.7 Å². The van der Waals surface area contributed by atoms with Crippen LogP contribution in [0.1, 0.15) is 32.3 Å². The number of urea groups is 1. The summed E-state index contributed by atoms with van der Waals surface area (Å²) in [4.78, 5) is 35.9. The molecule has 0 aromatic heterocycles. The van der Waals surface area contributed by atoms with Crippen LogP contribution in [0.3, 0.4) is 0 Å². The third-order valence-corrected chi connectivity index (χ3v) is 12.1. The normalized spacial score (nSPS) is 27.7. The minimum absolute atomic E-state index is 0.0859. The smallest absolute Gasteiger partial charge is 0.323 e. The van der Waals surface area contributed by atoms with Gasteiger partial charge in [0.2, 0.25) is 5.91 Å². The van der Waals surface area contributed by atoms with E-state index in [-0.39, 0.29) is 45.0 Å². The van der Waals surface area contributed by atoms with Crippen molar-refractivity contribution in [2.75, 3.05) is 63.1 Å². The van der Waals surface area contributed by atoms with Crippen LogP contribution in [0, 0.1) is 17.0 Å². The van der Waals surface area contributed by atoms with Gasteiger partial charge < -0.3 is 15.0 Å². The van der Waals surface area contributed by atoms with E-state index in [4.69, 9.17) is 27.9 Å². The number of anilines is 1. The van der Waals surface area contributed by atoms with Gasteiger partial charge in [0.15, 0.2) is 0 Å². The number of thioether (sulfide) groups is 1. The van der Waals surface area contributed by atoms with Crippen LogP contribution in [0.5, 0.6) is 0 Å². The number of nitrogens with one attached hydrogen (secondary N) is 1. The molecule has 2 aromatic rings. The lowest BCUT2D eigenvalue weighted by Gasteiger charge is -2.58. The molecule has 1 spiro atoms. The molecule has 3 amide bonds. The maximum Gasteiger partial charge on any atom is 0.323 e. The van der Waals surface area contributed by atoms with Crippen LogP contribution in [0.25, 0.3) is 11.1 Å². The number of benzene rings is 2. The topological polar surface area (TPSA) is 68.4 Å². The molecule has 1 N–H and O–H groups in total. The molecule has 5 heterocycles. The summed E-state index contributed by atoms with van der Waals surface area (Å²) >= 11 is 14.8. The molecule has 13 heteroatoms. The summed E-state index contributed by atoms with van der Waals surface area (Å²) in [5.41, 5.74) is 1.22. The lowest BCUT2D eigenvalue weighted by Crippen LogP contribution is -2.74. The second kappa shape index (κ2) is 11.9. The Morgan fingerprint density at radius 3 is 2.50 bits per heavy atom. The van der Waals surface area contributed by atoms with E-state index in [1.807, 2.05) is 17.9 Å². The number of hydrogen-bond acceptors (Lipinski definition) is 6. The standard InChI is InChI=1S/C33H37Cl2F2N5O3S/c1-4-27(43)41-14-20(3)42(15-19(41)2)33(16-39-7-5-32(6-8-39)17-45-18-32)22-12-24(35)28(21-11-23(34)26(37)13-25(21)36)30-29(22)40(9-10-46-30)31(44)38-33/h4,11-13,19-20H,1,5-10,14-18H2,2-3H3,(H,38,44)/t19-,20+,33?/m1/s1. The molecule has 3 atom stereocenters. The summed E-state index contributed by atoms with van der Waals surface area (Å²) < 4.78 is 35.2. The average Bonchev–Trinajstić information content (AvgIpc) is 3.01. The Hall–Kier alpha value is -2.41. The van der Waals surface area contributed by atoms with Crippen LogP contribution in [0.4, 0.5) is 19.3 Å². The van der Waals surface area contributed by atoms with Gasteiger partial charge in [-0.1, -0.05) is 29.8 Å². The first-order chi connectivity index (χ1) is 22.0. The number of ether oxygens (including phenoxy) is 1. The highest BCUT2D eigenvalue weighted by Crippen LogP contribution is 2.54. The fourth-order valence-corrected chi connectivity index (χ4v) is 9.61. The molecule has 7 rings (SSSR count). The molecular formula is C33H37Cl2F2N5O3S. The van der Waals surface area contributed by atoms with Gasteiger partial charge in [-0.3, -0.25) is 19.5 Å². The fourth-order valence-electron chi connectivity index (χ4n) is 7.88. The number of nitrogens with zero attached hydrogens (tertiary/aromatic N) is 4. The Bertz CT molecular complexity index is 1620. The van der Waals surface area contributed by atoms with Gasteiger partial charge in [0.25, 0.3) is 0 Å². The lowest BCUT2D eigenvalue weighted by molar-refractivity contribution is -0.147. The van der Waals surface area contributed by atoms with Crippen LogP contribution in [-0.4, -0.2) is 97.0 Å². The molecule has 2 aromatic carbocycles. The highest BCUT2D eigenvalue weighted by molar-refractivity contribution is 7.99. The maximum atomic E-state index is 15.4. The SMILES string of the molecule is C=CC(=O)N1C[C@H](C)N(C2(CN3CCC4(CC3)COC4)NC(=O)N3CCSc4c(-c5cc(Cl)c(F)cc5F)c(Cl)cc2c43)C[C@H]1C. The second-order valence-corrected chi connectivity index (χ2v) is 15.2. The summed E-state index contributed by atoms with van der Waals surface area (Å²) in [6, 6.07) is 3.34. The highest BCUT2D eigenvalue weighted by Gasteiger charge is 2.54. The minimum Gasteiger partial charge on any atom is -0.380 e. The maximum absolute atomic E-state index is 15.4. The van der Waals surface area contributed by atoms with Gasteiger partial charge in [0.05, 0.1) is 28.9 Å². The lowest BCUT2D eigenvalue weighted by atomic mass is 9.76. The van der Waals surface area contributed by atoms with Crippen molar-refractivity contribution in [3.63, 3.8) is 0 Å². The zero-order chi connectivity index (χ0) is 32.5. The van der Waals surface area contributed by atoms with Gasteiger partial charge in [-0.2, -0.15) is 0 Å². The first kappa shape index (κ1) is 32.2. The van der Waals surface area contributed by atoms with E-state index in [1.165, 1.54) is 23.9 Å². The number of likely N-dealkylation sites (tertiary alicyclic amines) is 1. The Morgan fingerprint density at radius 1 is 1.09 bits per heavy atom. The van der Waals surface area contributed by atoms with Crippen molar-refractivity contribution in [1.29, 1.82) is 0 Å². The molecule has 0 saturated carbocycles. The van der Waals surface area contributed by atoms with E-state index in [0.717, 1.165) is 50.8 Å². The highest BCUT2D eigenvalue weighted by atomic mass is 35.5. The van der Waals surface area contributed by atoms with E-state index in [9.17, 15) is 14.0 Å². The number of halogens is 4. The van der Waals surface area contributed by atoms with E-state index >= 15 is 4.39 Å². The van der Waals surface area contributed by atoms with Crippen LogP contribution >= 0.6 is 35.0 Å². The summed E-state index contributed by atoms with van der Waals surface area (Å²) in [6.07, 6.45) is 3.36. The molecule has 5 aliphatic heterocycles. The summed E-state index contributed by atoms with van der Waals surface area (Å²) in [5, 5.41) is 3.52. The van der Waals surface area contributed by atoms with Crippen molar-refractivity contribution in [3.8, 4) is 11.1 Å². The second-order valence-electron chi connectivity index (χ2n) is 13.3. The average molecular weight is 693 g/mol. The summed E-state index contributed by atoms with van der Waals surface area (Å²) in [7, 11) is 0. The molecule has 0 radical (unpaired) electrons. The van der Waals surface area contributed by atoms with E-state index in [2.05, 4.69) is 28.6 Å². The van der Waals surface area contributed by atoms with Crippen molar-refractivity contribution in [2.24, 2.45) is 5.41 Å². The molecule has 46 heavy (non-hydrogen) atoms. The van der Waals surface area contributed by atoms with Crippen molar-refractivity contribution >= 4 is 52.6 Å². The molecule has 5 aliphatic rings. The predicted octanol–water partition coefficient (Wildman–Crippen LogP) is 5.95. The molecule has 3 saturated heterocycles. The van der Waals surface area contributed by atoms with Crippen molar-refractivity contribution in [1.82, 2.24) is 20.0 Å². The molecule has 8 nitrogen and oxygen atoms in total. The van der Waals surface area contributed by atoms with Gasteiger partial charge in [-0.05, 0) is 58.0 Å². The number of carbonyl (C=O) groups excluding carboxylic acids is 2. The number of carbonyl (C=O) groups is 2. The molecule has 3 fully saturated rings. The van der Waals surface area contributed by atoms with Gasteiger partial charge >= 0.3 is 6.03 Å². The molecular weight excluding hydrogens is 655 g/mol. The first-order valence-corrected chi connectivity index (χ1v) is 17.5. The number of amides is 3. The summed E-state index contributed by atoms with van der Waals surface area (Å²) in [5.74, 6) is -1.19. The Balaban J connectivity index is 1.39. The number of hydrogen-bond donors (Lipinski definition) is 1. The zero-order valence-electron chi connectivity index (χ0n) is 25.9. The Kier molecular flexibility index (Phi) is 8.34. The first-order valence-electron chi connectivity index (χ1n) is 15.7. The monoisotopic (exact) mass is 691 g/mol. The van der Waals surface area contributed by atoms with Crippen LogP contribution < -0.4 is 10.2 Å². The number of rotatable bonds is 5. The third-order valence-electron chi connectivity index (χ3n) is 10.4. The zero-order valence-corrected chi connectivity index (χ0v) is 28.2. The number of piperidine rings is 1. The third kappa shape index (κ3) is 5.13. The van der Waals surface area contributed by atoms with Crippen molar-refractivity contribution < 1.29 is 23.1 Å². The van der Waals surface area contributed by atoms with Crippen LogP contribution in [0.2, 0.25) is 10.0 Å². The van der Waals surface area contributed by atoms with Gasteiger partial charge in [-0.25, -0.2) is 13.6 Å². The quantitative estimate of drug-likeness (QED) is 0.309. The van der Waals surface area contributed by atoms with E-state index in [0.29, 0.717) is 48.1 Å². The largest absolute Gasteiger partial charge is 0.380 e. The summed E-state index contributed by atoms with van der Waals surface area (Å²) in [6.45, 7) is 13.0. The van der Waals surface area contributed by atoms with Gasteiger partial charge in [-0.15, -0.1) is 11.8 Å². The van der Waals surface area contributed by atoms with Gasteiger partial charge in [0, 0.05) is 77.1 Å². The molecule has 0 aliphatic carbocycles. The molecule has 1 unspecified atom stereocenters. The van der Waals surface area contributed by atoms with Crippen molar-refractivity contribution in [3.05, 3.63) is 58.1 Å². The predicted molar refractivity (Wildman–Crippen MR) is 177 cm³/mol. The Labute approximate surface area is 282 Å². The molecule has 0 bridgehead atoms.